The van der Waals surface area contributed by atoms with Crippen LogP contribution < -0.4 is 5.32 Å². The third kappa shape index (κ3) is 2.33. The van der Waals surface area contributed by atoms with Crippen LogP contribution in [-0.4, -0.2) is 38.6 Å². The van der Waals surface area contributed by atoms with E-state index in [9.17, 15) is 0 Å². The number of aromatic nitrogens is 5. The minimum atomic E-state index is 0.498. The van der Waals surface area contributed by atoms with E-state index in [1.165, 1.54) is 6.42 Å². The monoisotopic (exact) mass is 234 g/mol. The van der Waals surface area contributed by atoms with Crippen LogP contribution in [0.25, 0.3) is 11.5 Å². The first-order valence-corrected chi connectivity index (χ1v) is 5.81. The van der Waals surface area contributed by atoms with Crippen molar-refractivity contribution in [1.82, 2.24) is 30.9 Å². The number of hydrogen-bond donors (Lipinski definition) is 2. The predicted octanol–water partition coefficient (Wildman–Crippen LogP) is 0.397. The molecule has 2 N–H and O–H groups in total. The van der Waals surface area contributed by atoms with Gasteiger partial charge in [0.15, 0.2) is 5.69 Å². The number of aryl methyl sites for hydroxylation is 1. The van der Waals surface area contributed by atoms with Gasteiger partial charge >= 0.3 is 0 Å². The van der Waals surface area contributed by atoms with Gasteiger partial charge in [0.05, 0.1) is 6.20 Å². The molecule has 3 heterocycles. The molecule has 7 heteroatoms. The molecule has 0 aromatic carbocycles. The highest BCUT2D eigenvalue weighted by atomic mass is 16.5. The Bertz CT molecular complexity index is 459. The topological polar surface area (TPSA) is 92.5 Å². The molecule has 1 atom stereocenters. The first kappa shape index (κ1) is 10.4. The average Bonchev–Trinajstić information content (AvgIpc) is 3.09. The Balaban J connectivity index is 1.60. The van der Waals surface area contributed by atoms with Gasteiger partial charge in [-0.05, 0) is 31.8 Å². The largest absolute Gasteiger partial charge is 0.339 e. The maximum Gasteiger partial charge on any atom is 0.227 e. The fourth-order valence-corrected chi connectivity index (χ4v) is 2.06. The van der Waals surface area contributed by atoms with Crippen LogP contribution in [0, 0.1) is 5.92 Å². The molecule has 0 spiro atoms. The zero-order valence-corrected chi connectivity index (χ0v) is 9.39. The second-order valence-corrected chi connectivity index (χ2v) is 4.26. The van der Waals surface area contributed by atoms with Gasteiger partial charge in [0.1, 0.15) is 0 Å². The second kappa shape index (κ2) is 4.62. The summed E-state index contributed by atoms with van der Waals surface area (Å²) < 4.78 is 5.19. The van der Waals surface area contributed by atoms with E-state index < -0.39 is 0 Å². The van der Waals surface area contributed by atoms with Gasteiger partial charge in [0, 0.05) is 6.42 Å². The summed E-state index contributed by atoms with van der Waals surface area (Å²) in [5, 5.41) is 17.4. The molecule has 0 saturated carbocycles. The van der Waals surface area contributed by atoms with Crippen LogP contribution in [0.2, 0.25) is 0 Å². The van der Waals surface area contributed by atoms with Crippen LogP contribution in [0.4, 0.5) is 0 Å². The Hall–Kier alpha value is -1.76. The molecule has 0 bridgehead atoms. The van der Waals surface area contributed by atoms with Gasteiger partial charge in [-0.25, -0.2) is 0 Å². The summed E-state index contributed by atoms with van der Waals surface area (Å²) in [7, 11) is 0. The van der Waals surface area contributed by atoms with Crippen molar-refractivity contribution in [3.63, 3.8) is 0 Å². The predicted molar refractivity (Wildman–Crippen MR) is 59.0 cm³/mol. The lowest BCUT2D eigenvalue weighted by molar-refractivity contribution is 0.365. The molecule has 7 nitrogen and oxygen atoms in total. The second-order valence-electron chi connectivity index (χ2n) is 4.26. The molecule has 3 rings (SSSR count). The molecule has 1 aliphatic rings. The summed E-state index contributed by atoms with van der Waals surface area (Å²) in [5.41, 5.74) is 0.613. The molecule has 1 unspecified atom stereocenters. The van der Waals surface area contributed by atoms with E-state index in [1.54, 1.807) is 6.20 Å². The van der Waals surface area contributed by atoms with Crippen molar-refractivity contribution >= 4 is 0 Å². The van der Waals surface area contributed by atoms with E-state index in [-0.39, 0.29) is 0 Å². The fraction of sp³-hybridized carbons (Fsp3) is 0.600. The standard InChI is InChI=1S/C10H14N6O/c1(7-3-4-11-5-7)2-9-13-10(15-17-9)8-6-12-16-14-8/h6-7,11H,1-5H2,(H,12,14,16). The Morgan fingerprint density at radius 2 is 2.47 bits per heavy atom. The number of H-pyrrole nitrogens is 1. The van der Waals surface area contributed by atoms with Crippen molar-refractivity contribution < 1.29 is 4.52 Å². The van der Waals surface area contributed by atoms with Crippen molar-refractivity contribution in [2.45, 2.75) is 19.3 Å². The number of hydrogen-bond acceptors (Lipinski definition) is 6. The molecule has 2 aromatic rings. The van der Waals surface area contributed by atoms with Crippen molar-refractivity contribution in [3.05, 3.63) is 12.1 Å². The maximum absolute atomic E-state index is 5.19. The molecule has 17 heavy (non-hydrogen) atoms. The first-order chi connectivity index (χ1) is 8.42. The third-order valence-corrected chi connectivity index (χ3v) is 3.04. The van der Waals surface area contributed by atoms with E-state index in [0.29, 0.717) is 17.4 Å². The smallest absolute Gasteiger partial charge is 0.227 e. The van der Waals surface area contributed by atoms with Gasteiger partial charge in [0.25, 0.3) is 0 Å². The van der Waals surface area contributed by atoms with E-state index in [4.69, 9.17) is 4.52 Å². The number of nitrogens with one attached hydrogen (secondary N) is 2. The van der Waals surface area contributed by atoms with Gasteiger partial charge in [-0.15, -0.1) is 0 Å². The Labute approximate surface area is 98.0 Å². The minimum Gasteiger partial charge on any atom is -0.339 e. The Kier molecular flexibility index (Phi) is 2.83. The van der Waals surface area contributed by atoms with Gasteiger partial charge in [-0.1, -0.05) is 5.16 Å². The van der Waals surface area contributed by atoms with Crippen LogP contribution in [0.15, 0.2) is 10.7 Å². The first-order valence-electron chi connectivity index (χ1n) is 5.81. The Morgan fingerprint density at radius 1 is 1.47 bits per heavy atom. The van der Waals surface area contributed by atoms with Crippen LogP contribution >= 0.6 is 0 Å². The summed E-state index contributed by atoms with van der Waals surface area (Å²) in [6.45, 7) is 2.23. The van der Waals surface area contributed by atoms with E-state index in [0.717, 1.165) is 31.8 Å². The normalized spacial score (nSPS) is 19.9. The molecule has 0 radical (unpaired) electrons. The van der Waals surface area contributed by atoms with Crippen molar-refractivity contribution in [2.24, 2.45) is 5.92 Å². The van der Waals surface area contributed by atoms with E-state index in [1.807, 2.05) is 0 Å². The fourth-order valence-electron chi connectivity index (χ4n) is 2.06. The molecule has 0 amide bonds. The lowest BCUT2D eigenvalue weighted by Gasteiger charge is -2.03. The van der Waals surface area contributed by atoms with Crippen LogP contribution in [-0.2, 0) is 6.42 Å². The summed E-state index contributed by atoms with van der Waals surface area (Å²) in [6.07, 6.45) is 4.74. The lowest BCUT2D eigenvalue weighted by atomic mass is 10.0. The quantitative estimate of drug-likeness (QED) is 0.795. The third-order valence-electron chi connectivity index (χ3n) is 3.04. The molecule has 1 saturated heterocycles. The van der Waals surface area contributed by atoms with Crippen LogP contribution in [0.1, 0.15) is 18.7 Å². The minimum absolute atomic E-state index is 0.498. The highest BCUT2D eigenvalue weighted by Gasteiger charge is 2.16. The Morgan fingerprint density at radius 3 is 3.24 bits per heavy atom. The zero-order chi connectivity index (χ0) is 11.5. The van der Waals surface area contributed by atoms with E-state index in [2.05, 4.69) is 30.9 Å². The maximum atomic E-state index is 5.19. The average molecular weight is 234 g/mol. The lowest BCUT2D eigenvalue weighted by Crippen LogP contribution is -2.09. The number of aromatic amines is 1. The molecular formula is C10H14N6O. The summed E-state index contributed by atoms with van der Waals surface area (Å²) in [6, 6.07) is 0. The van der Waals surface area contributed by atoms with Crippen LogP contribution in [0.3, 0.4) is 0 Å². The molecule has 2 aromatic heterocycles. The highest BCUT2D eigenvalue weighted by molar-refractivity contribution is 5.44. The van der Waals surface area contributed by atoms with Crippen molar-refractivity contribution in [3.8, 4) is 11.5 Å². The number of rotatable bonds is 4. The molecule has 0 aliphatic carbocycles. The number of nitrogens with zero attached hydrogens (tertiary/aromatic N) is 4. The molecule has 1 fully saturated rings. The van der Waals surface area contributed by atoms with Gasteiger partial charge < -0.3 is 9.84 Å². The van der Waals surface area contributed by atoms with Crippen LogP contribution in [0.5, 0.6) is 0 Å². The van der Waals surface area contributed by atoms with Crippen molar-refractivity contribution in [2.75, 3.05) is 13.1 Å². The molecular weight excluding hydrogens is 220 g/mol. The van der Waals surface area contributed by atoms with Crippen molar-refractivity contribution in [1.29, 1.82) is 0 Å². The summed E-state index contributed by atoms with van der Waals surface area (Å²) in [4.78, 5) is 4.29. The van der Waals surface area contributed by atoms with Gasteiger partial charge in [0.2, 0.25) is 11.7 Å². The SMILES string of the molecule is c1n[nH]nc1-c1noc(CCC2CCNC2)n1. The van der Waals surface area contributed by atoms with Gasteiger partial charge in [-0.3, -0.25) is 0 Å². The highest BCUT2D eigenvalue weighted by Crippen LogP contribution is 2.16. The molecule has 1 aliphatic heterocycles. The summed E-state index contributed by atoms with van der Waals surface area (Å²) >= 11 is 0. The zero-order valence-electron chi connectivity index (χ0n) is 9.39. The molecule has 90 valence electrons. The summed E-state index contributed by atoms with van der Waals surface area (Å²) in [5.74, 6) is 1.91. The van der Waals surface area contributed by atoms with Gasteiger partial charge in [-0.2, -0.15) is 20.4 Å². The van der Waals surface area contributed by atoms with E-state index >= 15 is 0 Å².